The molecule has 11 heteroatoms. The second-order valence-electron chi connectivity index (χ2n) is 9.48. The molecule has 10 nitrogen and oxygen atoms in total. The molecule has 1 saturated heterocycles. The molecule has 2 heterocycles. The van der Waals surface area contributed by atoms with Gasteiger partial charge in [-0.25, -0.2) is 4.79 Å². The quantitative estimate of drug-likeness (QED) is 0.188. The van der Waals surface area contributed by atoms with Crippen molar-refractivity contribution in [2.45, 2.75) is 37.2 Å². The Kier molecular flexibility index (Phi) is 9.42. The molecular formula is C30H31N5O5S. The number of nitrogens with one attached hydrogen (secondary N) is 1. The van der Waals surface area contributed by atoms with Gasteiger partial charge in [-0.3, -0.25) is 5.32 Å². The van der Waals surface area contributed by atoms with E-state index in [2.05, 4.69) is 34.3 Å². The first-order chi connectivity index (χ1) is 20.1. The number of carbonyl (C=O) groups excluding carboxylic acids is 1. The molecule has 1 aliphatic rings. The van der Waals surface area contributed by atoms with Crippen LogP contribution in [0.15, 0.2) is 96.7 Å². The van der Waals surface area contributed by atoms with Crippen molar-refractivity contribution >= 4 is 23.5 Å². The number of benzene rings is 3. The molecule has 212 valence electrons. The maximum absolute atomic E-state index is 12.1. The van der Waals surface area contributed by atoms with Crippen LogP contribution in [0.2, 0.25) is 0 Å². The smallest absolute Gasteiger partial charge is 0.411 e. The molecule has 4 aromatic rings. The summed E-state index contributed by atoms with van der Waals surface area (Å²) < 4.78 is 19.8. The number of para-hydroxylation sites is 1. The number of hydrogen-bond donors (Lipinski definition) is 2. The van der Waals surface area contributed by atoms with Gasteiger partial charge >= 0.3 is 6.09 Å². The fourth-order valence-electron chi connectivity index (χ4n) is 4.52. The summed E-state index contributed by atoms with van der Waals surface area (Å²) in [7, 11) is 0. The highest BCUT2D eigenvalue weighted by atomic mass is 32.2. The van der Waals surface area contributed by atoms with Gasteiger partial charge in [0.2, 0.25) is 5.16 Å². The molecule has 0 radical (unpaired) electrons. The van der Waals surface area contributed by atoms with E-state index in [-0.39, 0.29) is 31.3 Å². The number of anilines is 1. The van der Waals surface area contributed by atoms with Crippen LogP contribution in [0.1, 0.15) is 36.0 Å². The number of thioether (sulfide) groups is 1. The first-order valence-electron chi connectivity index (χ1n) is 13.2. The Morgan fingerprint density at radius 1 is 1.10 bits per heavy atom. The van der Waals surface area contributed by atoms with Gasteiger partial charge in [0.25, 0.3) is 0 Å². The summed E-state index contributed by atoms with van der Waals surface area (Å²) in [5, 5.41) is 25.2. The average molecular weight is 574 g/mol. The van der Waals surface area contributed by atoms with E-state index >= 15 is 0 Å². The van der Waals surface area contributed by atoms with Crippen LogP contribution in [0.4, 0.5) is 10.5 Å². The normalized spacial score (nSPS) is 20.3. The van der Waals surface area contributed by atoms with Crippen molar-refractivity contribution < 1.29 is 24.1 Å². The number of aliphatic hydroxyl groups is 1. The van der Waals surface area contributed by atoms with Gasteiger partial charge in [0.15, 0.2) is 6.29 Å². The van der Waals surface area contributed by atoms with Crippen LogP contribution in [0.25, 0.3) is 5.69 Å². The molecule has 0 saturated carbocycles. The lowest BCUT2D eigenvalue weighted by Gasteiger charge is -2.41. The Labute approximate surface area is 242 Å². The monoisotopic (exact) mass is 573 g/mol. The highest BCUT2D eigenvalue weighted by Crippen LogP contribution is 2.43. The molecule has 2 N–H and O–H groups in total. The SMILES string of the molecule is C=CCOC(=O)Nc1cccc([C@@H]2O[C@H](CSc3nnnn3-c3ccccc3)[C@H](C)[C@H](c3ccc(CO)cc3)O2)c1. The van der Waals surface area contributed by atoms with Gasteiger partial charge in [-0.2, -0.15) is 4.68 Å². The molecule has 0 aliphatic carbocycles. The third-order valence-corrected chi connectivity index (χ3v) is 7.69. The van der Waals surface area contributed by atoms with Crippen molar-refractivity contribution in [3.8, 4) is 5.69 Å². The summed E-state index contributed by atoms with van der Waals surface area (Å²) >= 11 is 1.51. The number of tetrazole rings is 1. The minimum absolute atomic E-state index is 0.0185. The minimum atomic E-state index is -0.699. The highest BCUT2D eigenvalue weighted by Gasteiger charge is 2.38. The van der Waals surface area contributed by atoms with Crippen LogP contribution in [0, 0.1) is 5.92 Å². The summed E-state index contributed by atoms with van der Waals surface area (Å²) in [5.74, 6) is 0.556. The maximum atomic E-state index is 12.1. The van der Waals surface area contributed by atoms with E-state index in [0.717, 1.165) is 22.4 Å². The van der Waals surface area contributed by atoms with E-state index in [0.29, 0.717) is 16.6 Å². The largest absolute Gasteiger partial charge is 0.445 e. The third-order valence-electron chi connectivity index (χ3n) is 6.68. The molecule has 0 spiro atoms. The number of nitrogens with zero attached hydrogens (tertiary/aromatic N) is 4. The predicted molar refractivity (Wildman–Crippen MR) is 154 cm³/mol. The van der Waals surface area contributed by atoms with Gasteiger partial charge < -0.3 is 19.3 Å². The third kappa shape index (κ3) is 7.01. The summed E-state index contributed by atoms with van der Waals surface area (Å²) in [5.41, 5.74) is 3.98. The molecule has 1 fully saturated rings. The first-order valence-corrected chi connectivity index (χ1v) is 14.2. The molecule has 1 aliphatic heterocycles. The van der Waals surface area contributed by atoms with E-state index in [1.54, 1.807) is 10.7 Å². The first kappa shape index (κ1) is 28.5. The van der Waals surface area contributed by atoms with Gasteiger partial charge in [0, 0.05) is 22.9 Å². The molecule has 5 rings (SSSR count). The van der Waals surface area contributed by atoms with Crippen LogP contribution >= 0.6 is 11.8 Å². The number of ether oxygens (including phenoxy) is 3. The Morgan fingerprint density at radius 3 is 2.66 bits per heavy atom. The topological polar surface area (TPSA) is 121 Å². The van der Waals surface area contributed by atoms with Gasteiger partial charge in [0.1, 0.15) is 6.61 Å². The second-order valence-corrected chi connectivity index (χ2v) is 10.5. The molecule has 3 aromatic carbocycles. The number of carbonyl (C=O) groups is 1. The van der Waals surface area contributed by atoms with Gasteiger partial charge in [-0.05, 0) is 45.8 Å². The van der Waals surface area contributed by atoms with E-state index in [9.17, 15) is 9.90 Å². The zero-order valence-electron chi connectivity index (χ0n) is 22.5. The summed E-state index contributed by atoms with van der Waals surface area (Å²) in [6.07, 6.45) is -0.281. The molecule has 41 heavy (non-hydrogen) atoms. The minimum Gasteiger partial charge on any atom is -0.445 e. The molecule has 1 amide bonds. The van der Waals surface area contributed by atoms with Crippen molar-refractivity contribution in [2.24, 2.45) is 5.92 Å². The van der Waals surface area contributed by atoms with Gasteiger partial charge in [-0.1, -0.05) is 85.9 Å². The van der Waals surface area contributed by atoms with Crippen molar-refractivity contribution in [3.05, 3.63) is 108 Å². The Balaban J connectivity index is 1.38. The van der Waals surface area contributed by atoms with Gasteiger partial charge in [0.05, 0.1) is 24.5 Å². The summed E-state index contributed by atoms with van der Waals surface area (Å²) in [4.78, 5) is 12.1. The zero-order chi connectivity index (χ0) is 28.6. The number of rotatable bonds is 10. The summed E-state index contributed by atoms with van der Waals surface area (Å²) in [6.45, 7) is 5.74. The lowest BCUT2D eigenvalue weighted by Crippen LogP contribution is -2.38. The van der Waals surface area contributed by atoms with E-state index < -0.39 is 12.4 Å². The van der Waals surface area contributed by atoms with E-state index in [4.69, 9.17) is 14.2 Å². The molecule has 0 bridgehead atoms. The molecule has 4 atom stereocenters. The number of aliphatic hydroxyl groups excluding tert-OH is 1. The standard InChI is InChI=1S/C30H31N5O5S/c1-3-16-38-30(37)31-24-9-7-8-23(17-24)28-39-26(20(2)27(40-28)22-14-12-21(18-36)13-15-22)19-41-29-32-33-34-35(29)25-10-5-4-6-11-25/h3-15,17,20,26-28,36H,1,16,18-19H2,2H3,(H,31,37)/t20-,26+,27+,28+/m0/s1. The van der Waals surface area contributed by atoms with Crippen LogP contribution in [0.5, 0.6) is 0 Å². The second kappa shape index (κ2) is 13.6. The van der Waals surface area contributed by atoms with E-state index in [1.807, 2.05) is 72.8 Å². The van der Waals surface area contributed by atoms with Crippen molar-refractivity contribution in [3.63, 3.8) is 0 Å². The zero-order valence-corrected chi connectivity index (χ0v) is 23.3. The van der Waals surface area contributed by atoms with Crippen LogP contribution in [-0.2, 0) is 20.8 Å². The molecule has 1 aromatic heterocycles. The van der Waals surface area contributed by atoms with Crippen LogP contribution in [-0.4, -0.2) is 49.9 Å². The fraction of sp³-hybridized carbons (Fsp3) is 0.267. The Morgan fingerprint density at radius 2 is 1.90 bits per heavy atom. The van der Waals surface area contributed by atoms with Crippen molar-refractivity contribution in [1.82, 2.24) is 20.2 Å². The van der Waals surface area contributed by atoms with Crippen molar-refractivity contribution in [1.29, 1.82) is 0 Å². The molecule has 0 unspecified atom stereocenters. The van der Waals surface area contributed by atoms with Crippen LogP contribution in [0.3, 0.4) is 0 Å². The lowest BCUT2D eigenvalue weighted by molar-refractivity contribution is -0.268. The lowest BCUT2D eigenvalue weighted by atomic mass is 9.91. The highest BCUT2D eigenvalue weighted by molar-refractivity contribution is 7.99. The van der Waals surface area contributed by atoms with Gasteiger partial charge in [-0.15, -0.1) is 5.10 Å². The number of hydrogen-bond acceptors (Lipinski definition) is 9. The average Bonchev–Trinajstić information content (AvgIpc) is 3.49. The van der Waals surface area contributed by atoms with E-state index in [1.165, 1.54) is 17.8 Å². The van der Waals surface area contributed by atoms with Crippen LogP contribution < -0.4 is 5.32 Å². The molecular weight excluding hydrogens is 542 g/mol. The number of amides is 1. The Bertz CT molecular complexity index is 1450. The Hall–Kier alpha value is -4.03. The summed E-state index contributed by atoms with van der Waals surface area (Å²) in [6, 6.07) is 24.8. The number of aromatic nitrogens is 4. The fourth-order valence-corrected chi connectivity index (χ4v) is 5.57. The predicted octanol–water partition coefficient (Wildman–Crippen LogP) is 5.47. The maximum Gasteiger partial charge on any atom is 0.411 e. The van der Waals surface area contributed by atoms with Crippen molar-refractivity contribution in [2.75, 3.05) is 17.7 Å².